The second kappa shape index (κ2) is 4.94. The summed E-state index contributed by atoms with van der Waals surface area (Å²) in [4.78, 5) is 0. The van der Waals surface area contributed by atoms with Gasteiger partial charge < -0.3 is 10.1 Å². The molecule has 0 fully saturated rings. The molecule has 0 saturated heterocycles. The molecule has 0 aliphatic rings. The van der Waals surface area contributed by atoms with Crippen LogP contribution < -0.4 is 10.1 Å². The number of benzene rings is 1. The summed E-state index contributed by atoms with van der Waals surface area (Å²) in [6.07, 6.45) is 0. The number of rotatable bonds is 4. The summed E-state index contributed by atoms with van der Waals surface area (Å²) >= 11 is 1.36. The van der Waals surface area contributed by atoms with Gasteiger partial charge >= 0.3 is 0 Å². The Labute approximate surface area is 98.4 Å². The molecule has 0 atom stereocenters. The maximum absolute atomic E-state index is 5.15. The maximum Gasteiger partial charge on any atom is 0.119 e. The molecule has 0 aliphatic carbocycles. The molecule has 0 aliphatic heterocycles. The van der Waals surface area contributed by atoms with Crippen molar-refractivity contribution in [3.63, 3.8) is 0 Å². The summed E-state index contributed by atoms with van der Waals surface area (Å²) in [5.41, 5.74) is 3.21. The van der Waals surface area contributed by atoms with Crippen LogP contribution in [0.5, 0.6) is 5.75 Å². The first-order chi connectivity index (χ1) is 7.79. The third-order valence-corrected chi connectivity index (χ3v) is 2.85. The van der Waals surface area contributed by atoms with E-state index in [1.165, 1.54) is 11.5 Å². The van der Waals surface area contributed by atoms with E-state index in [0.717, 1.165) is 22.7 Å². The molecule has 0 amide bonds. The van der Waals surface area contributed by atoms with Crippen LogP contribution in [0.25, 0.3) is 0 Å². The standard InChI is InChI=1S/C11H13N3OS/c1-8-5-10(15-2)3-4-11(8)12-6-9-7-16-14-13-9/h3-5,7,12H,6H2,1-2H3. The minimum absolute atomic E-state index is 0.698. The third kappa shape index (κ3) is 2.49. The molecule has 5 heteroatoms. The summed E-state index contributed by atoms with van der Waals surface area (Å²) in [7, 11) is 1.67. The van der Waals surface area contributed by atoms with E-state index in [-0.39, 0.29) is 0 Å². The number of aromatic nitrogens is 2. The summed E-state index contributed by atoms with van der Waals surface area (Å²) in [5, 5.41) is 9.23. The number of hydrogen-bond donors (Lipinski definition) is 1. The van der Waals surface area contributed by atoms with Crippen molar-refractivity contribution in [3.05, 3.63) is 34.8 Å². The van der Waals surface area contributed by atoms with Gasteiger partial charge in [0.2, 0.25) is 0 Å². The zero-order valence-electron chi connectivity index (χ0n) is 9.23. The number of nitrogens with zero attached hydrogens (tertiary/aromatic N) is 2. The fourth-order valence-electron chi connectivity index (χ4n) is 1.41. The molecular weight excluding hydrogens is 222 g/mol. The Hall–Kier alpha value is -1.62. The number of nitrogens with one attached hydrogen (secondary N) is 1. The lowest BCUT2D eigenvalue weighted by molar-refractivity contribution is 0.414. The Morgan fingerprint density at radius 2 is 2.31 bits per heavy atom. The maximum atomic E-state index is 5.15. The lowest BCUT2D eigenvalue weighted by Gasteiger charge is -2.09. The van der Waals surface area contributed by atoms with Gasteiger partial charge in [0.1, 0.15) is 5.75 Å². The molecule has 1 aromatic carbocycles. The zero-order chi connectivity index (χ0) is 11.4. The van der Waals surface area contributed by atoms with E-state index in [4.69, 9.17) is 4.74 Å². The van der Waals surface area contributed by atoms with E-state index in [9.17, 15) is 0 Å². The first-order valence-electron chi connectivity index (χ1n) is 4.94. The monoisotopic (exact) mass is 235 g/mol. The van der Waals surface area contributed by atoms with Gasteiger partial charge in [0.15, 0.2) is 0 Å². The van der Waals surface area contributed by atoms with Crippen molar-refractivity contribution in [2.24, 2.45) is 0 Å². The topological polar surface area (TPSA) is 47.0 Å². The molecule has 84 valence electrons. The van der Waals surface area contributed by atoms with Gasteiger partial charge in [0.05, 0.1) is 19.3 Å². The second-order valence-electron chi connectivity index (χ2n) is 3.43. The highest BCUT2D eigenvalue weighted by atomic mass is 32.1. The Kier molecular flexibility index (Phi) is 3.36. The quantitative estimate of drug-likeness (QED) is 0.884. The number of ether oxygens (including phenoxy) is 1. The van der Waals surface area contributed by atoms with Crippen molar-refractivity contribution in [1.29, 1.82) is 0 Å². The Morgan fingerprint density at radius 3 is 2.94 bits per heavy atom. The van der Waals surface area contributed by atoms with E-state index in [2.05, 4.69) is 14.9 Å². The van der Waals surface area contributed by atoms with Crippen molar-refractivity contribution in [1.82, 2.24) is 9.59 Å². The number of aryl methyl sites for hydroxylation is 1. The third-order valence-electron chi connectivity index (χ3n) is 2.30. The van der Waals surface area contributed by atoms with E-state index >= 15 is 0 Å². The minimum Gasteiger partial charge on any atom is -0.497 e. The number of hydrogen-bond acceptors (Lipinski definition) is 5. The Morgan fingerprint density at radius 1 is 1.44 bits per heavy atom. The summed E-state index contributed by atoms with van der Waals surface area (Å²) in [6, 6.07) is 5.95. The molecule has 2 rings (SSSR count). The van der Waals surface area contributed by atoms with E-state index in [1.807, 2.05) is 30.5 Å². The van der Waals surface area contributed by atoms with Crippen LogP contribution in [0.15, 0.2) is 23.6 Å². The highest BCUT2D eigenvalue weighted by Gasteiger charge is 2.01. The second-order valence-corrected chi connectivity index (χ2v) is 4.04. The highest BCUT2D eigenvalue weighted by Crippen LogP contribution is 2.21. The van der Waals surface area contributed by atoms with Crippen LogP contribution in [-0.4, -0.2) is 16.7 Å². The molecule has 16 heavy (non-hydrogen) atoms. The molecule has 1 N–H and O–H groups in total. The molecule has 1 heterocycles. The van der Waals surface area contributed by atoms with Crippen molar-refractivity contribution in [2.45, 2.75) is 13.5 Å². The fraction of sp³-hybridized carbons (Fsp3) is 0.273. The van der Waals surface area contributed by atoms with Crippen LogP contribution >= 0.6 is 11.5 Å². The van der Waals surface area contributed by atoms with Crippen LogP contribution in [0.4, 0.5) is 5.69 Å². The summed E-state index contributed by atoms with van der Waals surface area (Å²) < 4.78 is 8.97. The van der Waals surface area contributed by atoms with Crippen LogP contribution in [0, 0.1) is 6.92 Å². The van der Waals surface area contributed by atoms with E-state index in [0.29, 0.717) is 6.54 Å². The van der Waals surface area contributed by atoms with Crippen molar-refractivity contribution >= 4 is 17.2 Å². The van der Waals surface area contributed by atoms with Crippen LogP contribution in [0.2, 0.25) is 0 Å². The van der Waals surface area contributed by atoms with Crippen molar-refractivity contribution in [2.75, 3.05) is 12.4 Å². The van der Waals surface area contributed by atoms with Gasteiger partial charge in [0.25, 0.3) is 0 Å². The molecule has 0 saturated carbocycles. The van der Waals surface area contributed by atoms with Gasteiger partial charge in [0, 0.05) is 11.1 Å². The first kappa shape index (κ1) is 10.9. The van der Waals surface area contributed by atoms with Gasteiger partial charge in [-0.3, -0.25) is 0 Å². The van der Waals surface area contributed by atoms with Gasteiger partial charge in [-0.1, -0.05) is 4.49 Å². The zero-order valence-corrected chi connectivity index (χ0v) is 10.0. The molecule has 4 nitrogen and oxygen atoms in total. The molecule has 1 aromatic heterocycles. The lowest BCUT2D eigenvalue weighted by Crippen LogP contribution is -2.01. The lowest BCUT2D eigenvalue weighted by atomic mass is 10.2. The predicted molar refractivity (Wildman–Crippen MR) is 65.0 cm³/mol. The van der Waals surface area contributed by atoms with Crippen molar-refractivity contribution in [3.8, 4) is 5.75 Å². The average Bonchev–Trinajstić information content (AvgIpc) is 2.80. The van der Waals surface area contributed by atoms with Gasteiger partial charge in [-0.05, 0) is 42.2 Å². The minimum atomic E-state index is 0.698. The molecule has 2 aromatic rings. The summed E-state index contributed by atoms with van der Waals surface area (Å²) in [6.45, 7) is 2.74. The SMILES string of the molecule is COc1ccc(NCc2csnn2)c(C)c1. The van der Waals surface area contributed by atoms with E-state index < -0.39 is 0 Å². The smallest absolute Gasteiger partial charge is 0.119 e. The highest BCUT2D eigenvalue weighted by molar-refractivity contribution is 7.03. The van der Waals surface area contributed by atoms with Crippen LogP contribution in [0.3, 0.4) is 0 Å². The van der Waals surface area contributed by atoms with Crippen LogP contribution in [-0.2, 0) is 6.54 Å². The number of anilines is 1. The summed E-state index contributed by atoms with van der Waals surface area (Å²) in [5.74, 6) is 0.873. The van der Waals surface area contributed by atoms with Crippen LogP contribution in [0.1, 0.15) is 11.3 Å². The van der Waals surface area contributed by atoms with Gasteiger partial charge in [-0.25, -0.2) is 0 Å². The molecule has 0 bridgehead atoms. The van der Waals surface area contributed by atoms with Gasteiger partial charge in [-0.2, -0.15) is 0 Å². The molecule has 0 radical (unpaired) electrons. The van der Waals surface area contributed by atoms with E-state index in [1.54, 1.807) is 7.11 Å². The van der Waals surface area contributed by atoms with Gasteiger partial charge in [-0.15, -0.1) is 5.10 Å². The largest absolute Gasteiger partial charge is 0.497 e. The first-order valence-corrected chi connectivity index (χ1v) is 5.77. The molecule has 0 unspecified atom stereocenters. The normalized spacial score (nSPS) is 10.1. The fourth-order valence-corrected chi connectivity index (χ4v) is 1.86. The molecule has 0 spiro atoms. The Balaban J connectivity index is 2.04. The average molecular weight is 235 g/mol. The predicted octanol–water partition coefficient (Wildman–Crippen LogP) is 2.47. The number of methoxy groups -OCH3 is 1. The van der Waals surface area contributed by atoms with Crippen molar-refractivity contribution < 1.29 is 4.74 Å². The Bertz CT molecular complexity index is 456. The molecular formula is C11H13N3OS.